The van der Waals surface area contributed by atoms with Crippen LogP contribution in [0.15, 0.2) is 12.1 Å². The van der Waals surface area contributed by atoms with Gasteiger partial charge in [-0.15, -0.1) is 0 Å². The van der Waals surface area contributed by atoms with E-state index in [0.717, 1.165) is 18.9 Å². The van der Waals surface area contributed by atoms with Crippen LogP contribution in [0.3, 0.4) is 0 Å². The second-order valence-electron chi connectivity index (χ2n) is 4.82. The van der Waals surface area contributed by atoms with Crippen molar-refractivity contribution in [1.82, 2.24) is 0 Å². The first-order valence-electron chi connectivity index (χ1n) is 6.02. The molecule has 0 bridgehead atoms. The van der Waals surface area contributed by atoms with Crippen molar-refractivity contribution in [2.75, 3.05) is 6.54 Å². The molecule has 0 heterocycles. The predicted octanol–water partition coefficient (Wildman–Crippen LogP) is 3.07. The van der Waals surface area contributed by atoms with Crippen LogP contribution < -0.4 is 5.73 Å². The van der Waals surface area contributed by atoms with E-state index in [-0.39, 0.29) is 0 Å². The number of aryl methyl sites for hydroxylation is 2. The lowest BCUT2D eigenvalue weighted by atomic mass is 9.78. The number of hydrogen-bond donors (Lipinski definition) is 1. The van der Waals surface area contributed by atoms with Crippen molar-refractivity contribution < 1.29 is 0 Å². The number of nitrogens with two attached hydrogens (primary N) is 1. The van der Waals surface area contributed by atoms with Gasteiger partial charge in [0.25, 0.3) is 0 Å². The summed E-state index contributed by atoms with van der Waals surface area (Å²) in [5, 5.41) is 0. The zero-order valence-electron chi connectivity index (χ0n) is 9.84. The molecule has 0 aliphatic heterocycles. The minimum atomic E-state index is 0.720. The molecule has 1 aromatic rings. The van der Waals surface area contributed by atoms with Crippen molar-refractivity contribution in [3.63, 3.8) is 0 Å². The van der Waals surface area contributed by atoms with Crippen molar-refractivity contribution in [2.45, 2.75) is 45.4 Å². The van der Waals surface area contributed by atoms with Gasteiger partial charge < -0.3 is 5.73 Å². The van der Waals surface area contributed by atoms with Gasteiger partial charge in [-0.3, -0.25) is 0 Å². The van der Waals surface area contributed by atoms with E-state index in [0.29, 0.717) is 0 Å². The summed E-state index contributed by atoms with van der Waals surface area (Å²) in [4.78, 5) is 0. The third-order valence-corrected chi connectivity index (χ3v) is 3.59. The lowest BCUT2D eigenvalue weighted by Gasteiger charge is -2.27. The van der Waals surface area contributed by atoms with Gasteiger partial charge in [-0.25, -0.2) is 0 Å². The number of rotatable bonds is 2. The van der Waals surface area contributed by atoms with Crippen molar-refractivity contribution in [2.24, 2.45) is 5.73 Å². The summed E-state index contributed by atoms with van der Waals surface area (Å²) in [5.41, 5.74) is 11.8. The standard InChI is InChI=1S/C14H21N/c1-10-8-11(2)13-5-3-4-12(6-7-15)14(13)9-10/h8-9,12H,3-7,15H2,1-2H3. The Kier molecular flexibility index (Phi) is 3.11. The molecule has 0 aromatic heterocycles. The second-order valence-corrected chi connectivity index (χ2v) is 4.82. The Morgan fingerprint density at radius 3 is 2.87 bits per heavy atom. The first kappa shape index (κ1) is 10.7. The van der Waals surface area contributed by atoms with E-state index in [4.69, 9.17) is 5.73 Å². The van der Waals surface area contributed by atoms with Crippen LogP contribution in [-0.4, -0.2) is 6.54 Å². The summed E-state index contributed by atoms with van der Waals surface area (Å²) in [6, 6.07) is 4.69. The SMILES string of the molecule is Cc1cc(C)c2c(c1)C(CCN)CCC2. The summed E-state index contributed by atoms with van der Waals surface area (Å²) >= 11 is 0. The van der Waals surface area contributed by atoms with E-state index in [1.54, 1.807) is 11.1 Å². The molecule has 82 valence electrons. The van der Waals surface area contributed by atoms with Crippen LogP contribution in [0.4, 0.5) is 0 Å². The molecule has 0 spiro atoms. The minimum absolute atomic E-state index is 0.720. The average Bonchev–Trinajstić information content (AvgIpc) is 2.19. The summed E-state index contributed by atoms with van der Waals surface area (Å²) in [7, 11) is 0. The van der Waals surface area contributed by atoms with Crippen LogP contribution in [-0.2, 0) is 6.42 Å². The van der Waals surface area contributed by atoms with Crippen molar-refractivity contribution in [3.05, 3.63) is 34.4 Å². The summed E-state index contributed by atoms with van der Waals surface area (Å²) in [6.45, 7) is 5.26. The van der Waals surface area contributed by atoms with Crippen LogP contribution in [0.5, 0.6) is 0 Å². The summed E-state index contributed by atoms with van der Waals surface area (Å²) in [6.07, 6.45) is 5.08. The zero-order valence-corrected chi connectivity index (χ0v) is 9.84. The Morgan fingerprint density at radius 2 is 2.13 bits per heavy atom. The molecule has 1 atom stereocenters. The Balaban J connectivity index is 2.41. The third kappa shape index (κ3) is 2.07. The smallest absolute Gasteiger partial charge is 0.00714 e. The number of benzene rings is 1. The fourth-order valence-electron chi connectivity index (χ4n) is 2.92. The van der Waals surface area contributed by atoms with Gasteiger partial charge in [0.1, 0.15) is 0 Å². The van der Waals surface area contributed by atoms with Gasteiger partial charge >= 0.3 is 0 Å². The fourth-order valence-corrected chi connectivity index (χ4v) is 2.92. The quantitative estimate of drug-likeness (QED) is 0.785. The lowest BCUT2D eigenvalue weighted by molar-refractivity contribution is 0.524. The molecule has 1 unspecified atom stereocenters. The van der Waals surface area contributed by atoms with E-state index >= 15 is 0 Å². The van der Waals surface area contributed by atoms with E-state index in [2.05, 4.69) is 26.0 Å². The van der Waals surface area contributed by atoms with E-state index in [1.165, 1.54) is 30.4 Å². The fraction of sp³-hybridized carbons (Fsp3) is 0.571. The predicted molar refractivity (Wildman–Crippen MR) is 65.3 cm³/mol. The van der Waals surface area contributed by atoms with Crippen LogP contribution in [0.2, 0.25) is 0 Å². The highest BCUT2D eigenvalue weighted by Crippen LogP contribution is 2.35. The molecule has 0 saturated heterocycles. The van der Waals surface area contributed by atoms with Gasteiger partial charge in [0.05, 0.1) is 0 Å². The highest BCUT2D eigenvalue weighted by atomic mass is 14.5. The molecule has 0 saturated carbocycles. The zero-order chi connectivity index (χ0) is 10.8. The number of fused-ring (bicyclic) bond motifs is 1. The Morgan fingerprint density at radius 1 is 1.33 bits per heavy atom. The maximum atomic E-state index is 5.69. The van der Waals surface area contributed by atoms with Gasteiger partial charge in [-0.05, 0) is 68.7 Å². The average molecular weight is 203 g/mol. The number of hydrogen-bond acceptors (Lipinski definition) is 1. The molecular formula is C14H21N. The Bertz CT molecular complexity index is 355. The third-order valence-electron chi connectivity index (χ3n) is 3.59. The van der Waals surface area contributed by atoms with Crippen LogP contribution in [0.1, 0.15) is 47.4 Å². The van der Waals surface area contributed by atoms with Gasteiger partial charge in [0.2, 0.25) is 0 Å². The Labute approximate surface area is 92.7 Å². The molecule has 1 nitrogen and oxygen atoms in total. The van der Waals surface area contributed by atoms with Crippen LogP contribution in [0, 0.1) is 13.8 Å². The van der Waals surface area contributed by atoms with Gasteiger partial charge in [0.15, 0.2) is 0 Å². The van der Waals surface area contributed by atoms with Crippen molar-refractivity contribution in [3.8, 4) is 0 Å². The van der Waals surface area contributed by atoms with Crippen molar-refractivity contribution in [1.29, 1.82) is 0 Å². The Hall–Kier alpha value is -0.820. The van der Waals surface area contributed by atoms with Crippen LogP contribution in [0.25, 0.3) is 0 Å². The van der Waals surface area contributed by atoms with Gasteiger partial charge in [-0.1, -0.05) is 17.7 Å². The van der Waals surface area contributed by atoms with E-state index in [1.807, 2.05) is 0 Å². The van der Waals surface area contributed by atoms with Crippen LogP contribution >= 0.6 is 0 Å². The highest BCUT2D eigenvalue weighted by molar-refractivity contribution is 5.41. The molecule has 1 aromatic carbocycles. The molecule has 15 heavy (non-hydrogen) atoms. The maximum Gasteiger partial charge on any atom is -0.00714 e. The highest BCUT2D eigenvalue weighted by Gasteiger charge is 2.20. The van der Waals surface area contributed by atoms with Gasteiger partial charge in [-0.2, -0.15) is 0 Å². The largest absolute Gasteiger partial charge is 0.330 e. The monoisotopic (exact) mass is 203 g/mol. The van der Waals surface area contributed by atoms with Gasteiger partial charge in [0, 0.05) is 0 Å². The molecule has 1 aliphatic carbocycles. The second kappa shape index (κ2) is 4.36. The molecular weight excluding hydrogens is 182 g/mol. The molecule has 2 N–H and O–H groups in total. The molecule has 1 aliphatic rings. The molecule has 2 rings (SSSR count). The van der Waals surface area contributed by atoms with E-state index < -0.39 is 0 Å². The lowest BCUT2D eigenvalue weighted by Crippen LogP contribution is -2.15. The molecule has 0 fully saturated rings. The topological polar surface area (TPSA) is 26.0 Å². The van der Waals surface area contributed by atoms with E-state index in [9.17, 15) is 0 Å². The normalized spacial score (nSPS) is 20.1. The van der Waals surface area contributed by atoms with Crippen molar-refractivity contribution >= 4 is 0 Å². The molecule has 1 heteroatoms. The molecule has 0 amide bonds. The molecule has 0 radical (unpaired) electrons. The summed E-state index contributed by atoms with van der Waals surface area (Å²) < 4.78 is 0. The maximum absolute atomic E-state index is 5.69. The first-order valence-corrected chi connectivity index (χ1v) is 6.02. The first-order chi connectivity index (χ1) is 7.22. The summed E-state index contributed by atoms with van der Waals surface area (Å²) in [5.74, 6) is 0.720. The minimum Gasteiger partial charge on any atom is -0.330 e.